The van der Waals surface area contributed by atoms with Gasteiger partial charge >= 0.3 is 37.3 Å². The fourth-order valence-electron chi connectivity index (χ4n) is 2.44. The number of hydrogen-bond acceptors (Lipinski definition) is 5. The summed E-state index contributed by atoms with van der Waals surface area (Å²) < 4.78 is 80.8. The molecule has 0 aromatic heterocycles. The van der Waals surface area contributed by atoms with Gasteiger partial charge in [-0.2, -0.15) is 13.2 Å². The second kappa shape index (κ2) is 15.0. The Morgan fingerprint density at radius 1 is 1.22 bits per heavy atom. The van der Waals surface area contributed by atoms with Crippen LogP contribution in [0.15, 0.2) is 48.7 Å². The SMILES string of the molecule is [CH-]=CC=[C-]S(=C)(=O)N(C)C[C@H](CNS(=O)(=O)[C@@H](C)CC)N(C)C(=C)/C=C\C(=C)[C@](C)(O)C(F)(F)F.[U+2]. The van der Waals surface area contributed by atoms with Gasteiger partial charge in [-0.25, -0.2) is 17.4 Å². The first-order valence-electron chi connectivity index (χ1n) is 10.5. The third-order valence-corrected chi connectivity index (χ3v) is 9.22. The molecule has 0 radical (unpaired) electrons. The van der Waals surface area contributed by atoms with Gasteiger partial charge in [0.05, 0.1) is 11.3 Å². The van der Waals surface area contributed by atoms with Crippen molar-refractivity contribution in [3.8, 4) is 0 Å². The molecule has 0 aliphatic carbocycles. The molecular weight excluding hydrogens is 741 g/mol. The van der Waals surface area contributed by atoms with Crippen LogP contribution in [0.25, 0.3) is 0 Å². The average molecular weight is 778 g/mol. The molecule has 0 aromatic carbocycles. The van der Waals surface area contributed by atoms with Crippen LogP contribution in [0, 0.1) is 43.1 Å². The molecule has 0 fully saturated rings. The standard InChI is InChI=1S/C23H36F3N3O4S2.U/c1-10-12-15-34(9,31)28(7)17-21(16-27-35(32,33)20(5)11-2)29(8)19(4)14-13-18(3)22(6,30)23(24,25)26;/h1,10,12-14,20-21,27,30H,3-4,9,11,16-17H2,2,5-8H3;/q-2;+2/b14-13-;/t20-,21-,22-,34?;/m0./s1. The van der Waals surface area contributed by atoms with Crippen molar-refractivity contribution in [3.05, 3.63) is 60.7 Å². The van der Waals surface area contributed by atoms with Crippen molar-refractivity contribution in [2.24, 2.45) is 0 Å². The molecule has 204 valence electrons. The molecule has 0 saturated heterocycles. The number of rotatable bonds is 15. The van der Waals surface area contributed by atoms with Gasteiger partial charge in [0.2, 0.25) is 10.0 Å². The van der Waals surface area contributed by atoms with Crippen LogP contribution >= 0.6 is 0 Å². The van der Waals surface area contributed by atoms with Crippen LogP contribution in [0.2, 0.25) is 0 Å². The molecule has 0 aliphatic rings. The molecule has 0 aromatic rings. The van der Waals surface area contributed by atoms with Gasteiger partial charge < -0.3 is 28.7 Å². The van der Waals surface area contributed by atoms with E-state index < -0.39 is 48.4 Å². The minimum Gasteiger partial charge on any atom is -0.394 e. The van der Waals surface area contributed by atoms with E-state index in [2.05, 4.69) is 29.2 Å². The van der Waals surface area contributed by atoms with Crippen molar-refractivity contribution >= 4 is 25.6 Å². The van der Waals surface area contributed by atoms with Crippen molar-refractivity contribution < 1.29 is 62.0 Å². The number of allylic oxidation sites excluding steroid dienone is 3. The normalized spacial score (nSPS) is 17.7. The van der Waals surface area contributed by atoms with E-state index in [1.165, 1.54) is 28.4 Å². The number of aliphatic hydroxyl groups is 1. The van der Waals surface area contributed by atoms with Crippen LogP contribution in [-0.4, -0.2) is 83.1 Å². The Morgan fingerprint density at radius 2 is 1.75 bits per heavy atom. The van der Waals surface area contributed by atoms with Crippen molar-refractivity contribution in [2.75, 3.05) is 27.2 Å². The number of likely N-dealkylation sites (N-methyl/N-ethyl adjacent to an activating group) is 2. The second-order valence-electron chi connectivity index (χ2n) is 8.22. The van der Waals surface area contributed by atoms with E-state index in [1.807, 2.05) is 0 Å². The minimum atomic E-state index is -4.93. The van der Waals surface area contributed by atoms with Crippen molar-refractivity contribution in [2.45, 2.75) is 50.3 Å². The summed E-state index contributed by atoms with van der Waals surface area (Å²) >= 11 is 0. The predicted octanol–water partition coefficient (Wildman–Crippen LogP) is 2.81. The van der Waals surface area contributed by atoms with Gasteiger partial charge in [0.1, 0.15) is 0 Å². The molecular formula is C23H36F3N3O4S2U. The van der Waals surface area contributed by atoms with Gasteiger partial charge in [-0.3, -0.25) is 9.62 Å². The van der Waals surface area contributed by atoms with E-state index in [1.54, 1.807) is 20.9 Å². The quantitative estimate of drug-likeness (QED) is 0.152. The first-order valence-corrected chi connectivity index (χ1v) is 13.8. The van der Waals surface area contributed by atoms with Gasteiger partial charge in [-0.15, -0.1) is 0 Å². The van der Waals surface area contributed by atoms with Crippen LogP contribution in [0.1, 0.15) is 27.2 Å². The smallest absolute Gasteiger partial charge is 0.394 e. The fraction of sp³-hybridized carbons (Fsp3) is 0.522. The molecule has 0 bridgehead atoms. The molecule has 4 atom stereocenters. The Labute approximate surface area is 238 Å². The summed E-state index contributed by atoms with van der Waals surface area (Å²) in [6.07, 6.45) is 0.0348. The van der Waals surface area contributed by atoms with E-state index >= 15 is 0 Å². The summed E-state index contributed by atoms with van der Waals surface area (Å²) in [6.45, 7) is 16.1. The first kappa shape index (κ1) is 37.3. The molecule has 0 saturated carbocycles. The number of sulfonamides is 1. The molecule has 0 spiro atoms. The van der Waals surface area contributed by atoms with Gasteiger partial charge in [0, 0.05) is 25.8 Å². The Kier molecular flexibility index (Phi) is 15.5. The Morgan fingerprint density at radius 3 is 2.19 bits per heavy atom. The molecule has 0 aliphatic heterocycles. The molecule has 13 heteroatoms. The molecule has 36 heavy (non-hydrogen) atoms. The third kappa shape index (κ3) is 10.9. The van der Waals surface area contributed by atoms with Crippen molar-refractivity contribution in [3.63, 3.8) is 0 Å². The van der Waals surface area contributed by atoms with Crippen LogP contribution in [0.4, 0.5) is 13.2 Å². The Bertz CT molecular complexity index is 1040. The van der Waals surface area contributed by atoms with Gasteiger partial charge in [-0.1, -0.05) is 26.2 Å². The van der Waals surface area contributed by atoms with Crippen LogP contribution in [0.5, 0.6) is 0 Å². The zero-order valence-electron chi connectivity index (χ0n) is 21.3. The topological polar surface area (TPSA) is 90.0 Å². The van der Waals surface area contributed by atoms with Crippen LogP contribution in [-0.2, 0) is 19.7 Å². The molecule has 0 amide bonds. The first-order chi connectivity index (χ1) is 15.7. The van der Waals surface area contributed by atoms with E-state index in [0.717, 1.165) is 12.2 Å². The predicted molar refractivity (Wildman–Crippen MR) is 137 cm³/mol. The van der Waals surface area contributed by atoms with E-state index in [9.17, 15) is 30.9 Å². The summed E-state index contributed by atoms with van der Waals surface area (Å²) in [6, 6.07) is -0.668. The Balaban J connectivity index is 0. The third-order valence-electron chi connectivity index (χ3n) is 5.60. The molecule has 0 heterocycles. The summed E-state index contributed by atoms with van der Waals surface area (Å²) in [7, 11) is -3.63. The molecule has 0 rings (SSSR count). The van der Waals surface area contributed by atoms with E-state index in [-0.39, 0.29) is 49.9 Å². The summed E-state index contributed by atoms with van der Waals surface area (Å²) in [4.78, 5) is 1.51. The maximum Gasteiger partial charge on any atom is 2.00 e. The minimum absolute atomic E-state index is 0. The van der Waals surface area contributed by atoms with Crippen LogP contribution in [0.3, 0.4) is 0 Å². The van der Waals surface area contributed by atoms with Crippen LogP contribution < -0.4 is 4.72 Å². The summed E-state index contributed by atoms with van der Waals surface area (Å²) in [5.41, 5.74) is -3.56. The van der Waals surface area contributed by atoms with Gasteiger partial charge in [0.25, 0.3) is 0 Å². The maximum atomic E-state index is 13.0. The summed E-state index contributed by atoms with van der Waals surface area (Å²) in [5.74, 6) is 3.62. The molecule has 7 nitrogen and oxygen atoms in total. The fourth-order valence-corrected chi connectivity index (χ4v) is 4.48. The molecule has 1 unspecified atom stereocenters. The number of nitrogens with zero attached hydrogens (tertiary/aromatic N) is 2. The van der Waals surface area contributed by atoms with Gasteiger partial charge in [-0.05, 0) is 54.5 Å². The number of hydrogen-bond donors (Lipinski definition) is 2. The second-order valence-corrected chi connectivity index (χ2v) is 12.5. The summed E-state index contributed by atoms with van der Waals surface area (Å²) in [5, 5.41) is 11.6. The number of alkyl halides is 3. The average Bonchev–Trinajstić information content (AvgIpc) is 2.76. The zero-order chi connectivity index (χ0) is 27.8. The van der Waals surface area contributed by atoms with Crippen molar-refractivity contribution in [1.29, 1.82) is 0 Å². The number of nitrogens with one attached hydrogen (secondary N) is 1. The maximum absolute atomic E-state index is 13.0. The van der Waals surface area contributed by atoms with E-state index in [4.69, 9.17) is 6.58 Å². The molecule has 2 N–H and O–H groups in total. The van der Waals surface area contributed by atoms with Gasteiger partial charge in [0.15, 0.2) is 5.60 Å². The monoisotopic (exact) mass is 777 g/mol. The zero-order valence-corrected chi connectivity index (χ0v) is 27.1. The van der Waals surface area contributed by atoms with E-state index in [0.29, 0.717) is 13.3 Å². The van der Waals surface area contributed by atoms with Crippen molar-refractivity contribution in [1.82, 2.24) is 13.9 Å². The number of halogens is 3. The Hall–Kier alpha value is -0.808. The largest absolute Gasteiger partial charge is 2.00 e.